The van der Waals surface area contributed by atoms with Crippen LogP contribution >= 0.6 is 22.6 Å². The molecule has 0 atom stereocenters. The molecule has 0 aliphatic carbocycles. The van der Waals surface area contributed by atoms with Gasteiger partial charge >= 0.3 is 22.2 Å². The Labute approximate surface area is 185 Å². The monoisotopic (exact) mass is 575 g/mol. The summed E-state index contributed by atoms with van der Waals surface area (Å²) in [5.74, 6) is -13.0. The molecule has 0 fully saturated rings. The van der Waals surface area contributed by atoms with Gasteiger partial charge in [0.1, 0.15) is 6.61 Å². The van der Waals surface area contributed by atoms with Crippen molar-refractivity contribution in [3.63, 3.8) is 0 Å². The number of carbonyl (C=O) groups is 2. The maximum Gasteiger partial charge on any atom is 0.411 e. The lowest BCUT2D eigenvalue weighted by molar-refractivity contribution is 0.0716. The average molecular weight is 575 g/mol. The third-order valence-corrected chi connectivity index (χ3v) is 5.18. The number of benzene rings is 2. The highest BCUT2D eigenvalue weighted by molar-refractivity contribution is 14.1. The molecule has 31 heavy (non-hydrogen) atoms. The fourth-order valence-corrected chi connectivity index (χ4v) is 3.37. The van der Waals surface area contributed by atoms with Crippen LogP contribution in [0.25, 0.3) is 0 Å². The van der Waals surface area contributed by atoms with E-state index in [0.717, 1.165) is 12.1 Å². The summed E-state index contributed by atoms with van der Waals surface area (Å²) in [6.07, 6.45) is 0.498. The van der Waals surface area contributed by atoms with Crippen molar-refractivity contribution in [2.45, 2.75) is 4.90 Å². The molecule has 0 bridgehead atoms. The molecule has 0 saturated heterocycles. The Hall–Kier alpha value is -2.72. The zero-order valence-electron chi connectivity index (χ0n) is 14.9. The van der Waals surface area contributed by atoms with E-state index in [0.29, 0.717) is 0 Å². The van der Waals surface area contributed by atoms with Gasteiger partial charge in [0, 0.05) is 3.57 Å². The number of hydrogen-bond acceptors (Lipinski definition) is 6. The molecule has 0 aliphatic heterocycles. The summed E-state index contributed by atoms with van der Waals surface area (Å²) >= 11 is 1.70. The molecule has 14 heteroatoms. The minimum atomic E-state index is -5.65. The van der Waals surface area contributed by atoms with Crippen molar-refractivity contribution in [1.29, 1.82) is 0 Å². The summed E-state index contributed by atoms with van der Waals surface area (Å²) in [6.45, 7) is 3.30. The van der Waals surface area contributed by atoms with Crippen molar-refractivity contribution < 1.29 is 49.6 Å². The number of esters is 1. The molecule has 2 N–H and O–H groups in total. The fourth-order valence-electron chi connectivity index (χ4n) is 2.08. The van der Waals surface area contributed by atoms with Gasteiger partial charge in [-0.3, -0.25) is 9.87 Å². The predicted octanol–water partition coefficient (Wildman–Crippen LogP) is 4.05. The quantitative estimate of drug-likeness (QED) is 0.102. The number of rotatable bonds is 6. The van der Waals surface area contributed by atoms with Gasteiger partial charge in [0.2, 0.25) is 17.4 Å². The van der Waals surface area contributed by atoms with Crippen LogP contribution in [-0.2, 0) is 14.9 Å². The molecule has 0 heterocycles. The van der Waals surface area contributed by atoms with E-state index in [2.05, 4.69) is 16.6 Å². The van der Waals surface area contributed by atoms with Crippen molar-refractivity contribution in [2.24, 2.45) is 0 Å². The largest absolute Gasteiger partial charge is 0.445 e. The van der Waals surface area contributed by atoms with E-state index in [9.17, 15) is 35.6 Å². The summed E-state index contributed by atoms with van der Waals surface area (Å²) in [5.41, 5.74) is -0.147. The SMILES string of the molecule is C=CCOC(=O)Nc1ccc(C(=O)Oc2c(F)c(F)c(S(=O)(=O)O)c(F)c2F)cc1I. The topological polar surface area (TPSA) is 119 Å². The number of amides is 1. The number of halogens is 5. The van der Waals surface area contributed by atoms with Crippen LogP contribution in [0.5, 0.6) is 5.75 Å². The molecule has 0 aliphatic rings. The van der Waals surface area contributed by atoms with Gasteiger partial charge in [-0.05, 0) is 40.8 Å². The fraction of sp³-hybridized carbons (Fsp3) is 0.0588. The first-order valence-corrected chi connectivity index (χ1v) is 10.3. The first-order valence-electron chi connectivity index (χ1n) is 7.78. The van der Waals surface area contributed by atoms with Crippen LogP contribution in [0.2, 0.25) is 0 Å². The van der Waals surface area contributed by atoms with Crippen molar-refractivity contribution in [1.82, 2.24) is 0 Å². The molecule has 2 rings (SSSR count). The second kappa shape index (κ2) is 9.61. The first kappa shape index (κ1) is 24.5. The number of nitrogens with one attached hydrogen (secondary N) is 1. The Kier molecular flexibility index (Phi) is 7.61. The molecule has 2 aromatic carbocycles. The van der Waals surface area contributed by atoms with Crippen LogP contribution in [0.4, 0.5) is 28.0 Å². The lowest BCUT2D eigenvalue weighted by Crippen LogP contribution is -2.17. The maximum absolute atomic E-state index is 14.0. The predicted molar refractivity (Wildman–Crippen MR) is 105 cm³/mol. The molecule has 0 saturated carbocycles. The van der Waals surface area contributed by atoms with Gasteiger partial charge in [0.25, 0.3) is 0 Å². The van der Waals surface area contributed by atoms with Gasteiger partial charge in [0.15, 0.2) is 16.5 Å². The van der Waals surface area contributed by atoms with Gasteiger partial charge in [-0.1, -0.05) is 12.7 Å². The Morgan fingerprint density at radius 1 is 1.13 bits per heavy atom. The normalized spacial score (nSPS) is 11.0. The average Bonchev–Trinajstić information content (AvgIpc) is 2.68. The zero-order chi connectivity index (χ0) is 23.5. The molecule has 166 valence electrons. The third kappa shape index (κ3) is 5.50. The molecule has 0 unspecified atom stereocenters. The first-order chi connectivity index (χ1) is 14.4. The Morgan fingerprint density at radius 3 is 2.19 bits per heavy atom. The van der Waals surface area contributed by atoms with Crippen LogP contribution < -0.4 is 10.1 Å². The third-order valence-electron chi connectivity index (χ3n) is 3.41. The van der Waals surface area contributed by atoms with E-state index in [1.807, 2.05) is 0 Å². The van der Waals surface area contributed by atoms with E-state index in [1.54, 1.807) is 22.6 Å². The summed E-state index contributed by atoms with van der Waals surface area (Å²) in [6, 6.07) is 3.38. The maximum atomic E-state index is 14.0. The van der Waals surface area contributed by atoms with Crippen LogP contribution in [0.3, 0.4) is 0 Å². The van der Waals surface area contributed by atoms with Gasteiger partial charge in [-0.2, -0.15) is 17.2 Å². The van der Waals surface area contributed by atoms with Crippen LogP contribution in [0, 0.1) is 26.8 Å². The molecule has 1 amide bonds. The van der Waals surface area contributed by atoms with Gasteiger partial charge in [-0.15, -0.1) is 0 Å². The minimum absolute atomic E-state index is 0.0621. The Bertz CT molecular complexity index is 1160. The Balaban J connectivity index is 2.33. The van der Waals surface area contributed by atoms with Crippen LogP contribution in [0.1, 0.15) is 10.4 Å². The van der Waals surface area contributed by atoms with E-state index in [-0.39, 0.29) is 21.4 Å². The highest BCUT2D eigenvalue weighted by Crippen LogP contribution is 2.33. The van der Waals surface area contributed by atoms with Crippen molar-refractivity contribution >= 4 is 50.5 Å². The number of carbonyl (C=O) groups excluding carboxylic acids is 2. The van der Waals surface area contributed by atoms with Crippen molar-refractivity contribution in [2.75, 3.05) is 11.9 Å². The number of hydrogen-bond donors (Lipinski definition) is 2. The summed E-state index contributed by atoms with van der Waals surface area (Å²) in [7, 11) is -5.65. The summed E-state index contributed by atoms with van der Waals surface area (Å²) < 4.78 is 95.5. The molecular formula is C17H10F4INO7S. The standard InChI is InChI=1S/C17H10F4INO7S/c1-2-5-29-17(25)23-9-4-3-7(6-8(9)22)16(24)30-14-10(18)12(20)15(31(26,27)28)13(21)11(14)19/h2-4,6H,1,5H2,(H,23,25)(H,26,27,28). The molecule has 2 aromatic rings. The molecule has 0 aromatic heterocycles. The molecule has 0 spiro atoms. The van der Waals surface area contributed by atoms with Gasteiger partial charge in [0.05, 0.1) is 11.3 Å². The van der Waals surface area contributed by atoms with E-state index in [1.165, 1.54) is 12.1 Å². The van der Waals surface area contributed by atoms with E-state index >= 15 is 0 Å². The van der Waals surface area contributed by atoms with Gasteiger partial charge < -0.3 is 9.47 Å². The second-order valence-corrected chi connectivity index (χ2v) is 8.01. The summed E-state index contributed by atoms with van der Waals surface area (Å²) in [5, 5.41) is 2.35. The minimum Gasteiger partial charge on any atom is -0.445 e. The Morgan fingerprint density at radius 2 is 1.71 bits per heavy atom. The summed E-state index contributed by atoms with van der Waals surface area (Å²) in [4.78, 5) is 21.4. The lowest BCUT2D eigenvalue weighted by atomic mass is 10.2. The smallest absolute Gasteiger partial charge is 0.411 e. The van der Waals surface area contributed by atoms with E-state index in [4.69, 9.17) is 9.29 Å². The lowest BCUT2D eigenvalue weighted by Gasteiger charge is -2.12. The molecular weight excluding hydrogens is 565 g/mol. The molecule has 8 nitrogen and oxygen atoms in total. The second-order valence-electron chi connectivity index (χ2n) is 5.49. The molecule has 0 radical (unpaired) electrons. The number of anilines is 1. The van der Waals surface area contributed by atoms with Crippen LogP contribution in [0.15, 0.2) is 35.7 Å². The highest BCUT2D eigenvalue weighted by atomic mass is 127. The van der Waals surface area contributed by atoms with Crippen LogP contribution in [-0.4, -0.2) is 31.6 Å². The zero-order valence-corrected chi connectivity index (χ0v) is 17.9. The van der Waals surface area contributed by atoms with Gasteiger partial charge in [-0.25, -0.2) is 18.4 Å². The number of ether oxygens (including phenoxy) is 2. The highest BCUT2D eigenvalue weighted by Gasteiger charge is 2.34. The van der Waals surface area contributed by atoms with E-state index < -0.39 is 56.1 Å². The van der Waals surface area contributed by atoms with Crippen molar-refractivity contribution in [3.05, 3.63) is 63.3 Å². The van der Waals surface area contributed by atoms with Crippen molar-refractivity contribution in [3.8, 4) is 5.75 Å².